The van der Waals surface area contributed by atoms with Gasteiger partial charge in [0, 0.05) is 18.7 Å². The van der Waals surface area contributed by atoms with Crippen LogP contribution in [-0.2, 0) is 0 Å². The molecule has 2 heterocycles. The quantitative estimate of drug-likeness (QED) is 0.876. The van der Waals surface area contributed by atoms with E-state index in [1.807, 2.05) is 18.3 Å². The minimum Gasteiger partial charge on any atom is -0.369 e. The molecule has 0 amide bonds. The van der Waals surface area contributed by atoms with E-state index in [1.165, 1.54) is 18.4 Å². The number of rotatable bonds is 5. The fraction of sp³-hybridized carbons (Fsp3) is 0.438. The monoisotopic (exact) mass is 346 g/mol. The van der Waals surface area contributed by atoms with Gasteiger partial charge in [0.1, 0.15) is 11.5 Å². The first-order chi connectivity index (χ1) is 10.2. The van der Waals surface area contributed by atoms with E-state index in [1.54, 1.807) is 0 Å². The highest BCUT2D eigenvalue weighted by Gasteiger charge is 2.29. The minimum absolute atomic E-state index is 0.563. The largest absolute Gasteiger partial charge is 0.369 e. The molecular formula is C16H19BrN4. The molecule has 0 spiro atoms. The Morgan fingerprint density at radius 2 is 2.14 bits per heavy atom. The van der Waals surface area contributed by atoms with Crippen LogP contribution in [0.15, 0.2) is 22.8 Å². The molecule has 4 nitrogen and oxygen atoms in total. The topological polar surface area (TPSA) is 50.7 Å². The molecule has 1 N–H and O–H groups in total. The third kappa shape index (κ3) is 3.23. The Bertz CT molecular complexity index is 653. The summed E-state index contributed by atoms with van der Waals surface area (Å²) >= 11 is 3.67. The molecule has 3 rings (SSSR count). The number of hydrogen-bond acceptors (Lipinski definition) is 4. The van der Waals surface area contributed by atoms with Crippen molar-refractivity contribution in [1.29, 1.82) is 0 Å². The van der Waals surface area contributed by atoms with Crippen LogP contribution in [0.1, 0.15) is 43.4 Å². The van der Waals surface area contributed by atoms with Gasteiger partial charge in [-0.15, -0.1) is 0 Å². The van der Waals surface area contributed by atoms with E-state index in [4.69, 9.17) is 4.98 Å². The molecule has 1 fully saturated rings. The van der Waals surface area contributed by atoms with Gasteiger partial charge in [-0.25, -0.2) is 9.97 Å². The molecule has 110 valence electrons. The first kappa shape index (κ1) is 14.4. The SMILES string of the molecule is CCCNc1nc(-c2cc(C)ccn2)nc(C2CC2)c1Br. The molecule has 0 aliphatic heterocycles. The first-order valence-electron chi connectivity index (χ1n) is 7.43. The molecule has 1 aliphatic rings. The normalized spacial score (nSPS) is 14.2. The van der Waals surface area contributed by atoms with Crippen LogP contribution in [-0.4, -0.2) is 21.5 Å². The Hall–Kier alpha value is -1.49. The Morgan fingerprint density at radius 3 is 2.81 bits per heavy atom. The summed E-state index contributed by atoms with van der Waals surface area (Å²) in [4.78, 5) is 13.8. The van der Waals surface area contributed by atoms with Gasteiger partial charge >= 0.3 is 0 Å². The van der Waals surface area contributed by atoms with Crippen LogP contribution < -0.4 is 5.32 Å². The van der Waals surface area contributed by atoms with Crippen LogP contribution in [0.5, 0.6) is 0 Å². The number of hydrogen-bond donors (Lipinski definition) is 1. The van der Waals surface area contributed by atoms with Gasteiger partial charge in [0.05, 0.1) is 10.2 Å². The maximum atomic E-state index is 4.75. The van der Waals surface area contributed by atoms with E-state index in [0.29, 0.717) is 11.7 Å². The van der Waals surface area contributed by atoms with Crippen LogP contribution in [0.4, 0.5) is 5.82 Å². The van der Waals surface area contributed by atoms with Crippen molar-refractivity contribution in [3.05, 3.63) is 34.1 Å². The van der Waals surface area contributed by atoms with E-state index in [-0.39, 0.29) is 0 Å². The van der Waals surface area contributed by atoms with Crippen molar-refractivity contribution in [2.75, 3.05) is 11.9 Å². The summed E-state index contributed by atoms with van der Waals surface area (Å²) in [5, 5.41) is 3.38. The van der Waals surface area contributed by atoms with Gasteiger partial charge in [-0.3, -0.25) is 4.98 Å². The zero-order valence-electron chi connectivity index (χ0n) is 12.4. The van der Waals surface area contributed by atoms with Crippen molar-refractivity contribution in [2.45, 2.75) is 39.0 Å². The molecule has 21 heavy (non-hydrogen) atoms. The van der Waals surface area contributed by atoms with Crippen LogP contribution >= 0.6 is 15.9 Å². The first-order valence-corrected chi connectivity index (χ1v) is 8.22. The summed E-state index contributed by atoms with van der Waals surface area (Å²) in [6.45, 7) is 5.11. The molecule has 2 aromatic heterocycles. The van der Waals surface area contributed by atoms with Gasteiger partial charge in [0.25, 0.3) is 0 Å². The lowest BCUT2D eigenvalue weighted by Gasteiger charge is -2.12. The minimum atomic E-state index is 0.563. The molecule has 2 aromatic rings. The van der Waals surface area contributed by atoms with Crippen molar-refractivity contribution in [3.63, 3.8) is 0 Å². The molecule has 0 unspecified atom stereocenters. The predicted molar refractivity (Wildman–Crippen MR) is 88.5 cm³/mol. The van der Waals surface area contributed by atoms with Crippen LogP contribution in [0.2, 0.25) is 0 Å². The third-order valence-electron chi connectivity index (χ3n) is 3.53. The summed E-state index contributed by atoms with van der Waals surface area (Å²) < 4.78 is 1.01. The maximum Gasteiger partial charge on any atom is 0.180 e. The molecule has 0 radical (unpaired) electrons. The molecule has 5 heteroatoms. The summed E-state index contributed by atoms with van der Waals surface area (Å²) in [7, 11) is 0. The summed E-state index contributed by atoms with van der Waals surface area (Å²) in [6.07, 6.45) is 5.30. The van der Waals surface area contributed by atoms with Gasteiger partial charge < -0.3 is 5.32 Å². The second-order valence-corrected chi connectivity index (χ2v) is 6.31. The van der Waals surface area contributed by atoms with E-state index in [0.717, 1.165) is 34.6 Å². The highest BCUT2D eigenvalue weighted by atomic mass is 79.9. The van der Waals surface area contributed by atoms with Crippen molar-refractivity contribution in [2.24, 2.45) is 0 Å². The van der Waals surface area contributed by atoms with Gasteiger partial charge in [-0.05, 0) is 59.8 Å². The average molecular weight is 347 g/mol. The molecule has 0 saturated heterocycles. The Balaban J connectivity index is 2.05. The van der Waals surface area contributed by atoms with Gasteiger partial charge in [0.2, 0.25) is 0 Å². The number of halogens is 1. The fourth-order valence-electron chi connectivity index (χ4n) is 2.23. The van der Waals surface area contributed by atoms with Crippen molar-refractivity contribution < 1.29 is 0 Å². The average Bonchev–Trinajstić information content (AvgIpc) is 3.31. The zero-order valence-corrected chi connectivity index (χ0v) is 13.9. The maximum absolute atomic E-state index is 4.75. The third-order valence-corrected chi connectivity index (χ3v) is 4.31. The van der Waals surface area contributed by atoms with Crippen molar-refractivity contribution in [1.82, 2.24) is 15.0 Å². The number of pyridine rings is 1. The Labute approximate surface area is 133 Å². The number of anilines is 1. The van der Waals surface area contributed by atoms with Gasteiger partial charge in [-0.2, -0.15) is 0 Å². The predicted octanol–water partition coefficient (Wildman–Crippen LogP) is 4.31. The Morgan fingerprint density at radius 1 is 1.33 bits per heavy atom. The molecule has 1 saturated carbocycles. The van der Waals surface area contributed by atoms with E-state index < -0.39 is 0 Å². The van der Waals surface area contributed by atoms with Crippen molar-refractivity contribution >= 4 is 21.7 Å². The molecule has 0 atom stereocenters. The summed E-state index contributed by atoms with van der Waals surface area (Å²) in [6, 6.07) is 4.02. The highest BCUT2D eigenvalue weighted by molar-refractivity contribution is 9.10. The van der Waals surface area contributed by atoms with E-state index >= 15 is 0 Å². The number of aryl methyl sites for hydroxylation is 1. The highest BCUT2D eigenvalue weighted by Crippen LogP contribution is 2.44. The second kappa shape index (κ2) is 6.10. The number of nitrogens with zero attached hydrogens (tertiary/aromatic N) is 3. The van der Waals surface area contributed by atoms with Gasteiger partial charge in [0.15, 0.2) is 5.82 Å². The lowest BCUT2D eigenvalue weighted by atomic mass is 10.2. The van der Waals surface area contributed by atoms with E-state index in [2.05, 4.69) is 45.1 Å². The van der Waals surface area contributed by atoms with Gasteiger partial charge in [-0.1, -0.05) is 6.92 Å². The summed E-state index contributed by atoms with van der Waals surface area (Å²) in [5.74, 6) is 2.16. The van der Waals surface area contributed by atoms with Crippen molar-refractivity contribution in [3.8, 4) is 11.5 Å². The molecule has 1 aliphatic carbocycles. The standard InChI is InChI=1S/C16H19BrN4/c1-3-7-19-16-13(17)14(11-4-5-11)20-15(21-16)12-9-10(2)6-8-18-12/h6,8-9,11H,3-5,7H2,1-2H3,(H,19,20,21). The molecular weight excluding hydrogens is 328 g/mol. The molecule has 0 aromatic carbocycles. The smallest absolute Gasteiger partial charge is 0.180 e. The Kier molecular flexibility index (Phi) is 4.19. The lowest BCUT2D eigenvalue weighted by Crippen LogP contribution is -2.07. The number of nitrogens with one attached hydrogen (secondary N) is 1. The summed E-state index contributed by atoms with van der Waals surface area (Å²) in [5.41, 5.74) is 3.12. The van der Waals surface area contributed by atoms with E-state index in [9.17, 15) is 0 Å². The van der Waals surface area contributed by atoms with Crippen LogP contribution in [0.25, 0.3) is 11.5 Å². The van der Waals surface area contributed by atoms with Crippen LogP contribution in [0, 0.1) is 6.92 Å². The molecule has 0 bridgehead atoms. The zero-order chi connectivity index (χ0) is 14.8. The lowest BCUT2D eigenvalue weighted by molar-refractivity contribution is 0.936. The van der Waals surface area contributed by atoms with Crippen LogP contribution in [0.3, 0.4) is 0 Å². The second-order valence-electron chi connectivity index (χ2n) is 5.51. The fourth-order valence-corrected chi connectivity index (χ4v) is 2.87. The number of aromatic nitrogens is 3.